The van der Waals surface area contributed by atoms with Crippen LogP contribution in [0.1, 0.15) is 24.8 Å². The molecule has 5 rings (SSSR count). The minimum Gasteiger partial charge on any atom is -0.380 e. The average molecular weight is 398 g/mol. The van der Waals surface area contributed by atoms with Crippen LogP contribution in [0.5, 0.6) is 0 Å². The Morgan fingerprint density at radius 1 is 1.07 bits per heavy atom. The first-order chi connectivity index (χ1) is 13.4. The number of ether oxygens (including phenoxy) is 1. The molecular formula is C23H27NO3S. The molecule has 5 heteroatoms. The van der Waals surface area contributed by atoms with Crippen molar-refractivity contribution in [2.45, 2.75) is 31.1 Å². The van der Waals surface area contributed by atoms with Gasteiger partial charge >= 0.3 is 0 Å². The zero-order chi connectivity index (χ0) is 19.5. The van der Waals surface area contributed by atoms with E-state index < -0.39 is 10.0 Å². The van der Waals surface area contributed by atoms with E-state index in [0.717, 1.165) is 38.0 Å². The lowest BCUT2D eigenvalue weighted by molar-refractivity contribution is 0.185. The second kappa shape index (κ2) is 6.68. The molecule has 28 heavy (non-hydrogen) atoms. The zero-order valence-electron chi connectivity index (χ0n) is 16.4. The molecule has 0 bridgehead atoms. The van der Waals surface area contributed by atoms with Crippen LogP contribution >= 0.6 is 0 Å². The standard InChI is InChI=1S/C23H27NO3S/c1-15-3-6-18(7-4-15)28(25,26)24-10-9-17-5-8-19-20(21(17)12-24)11-16(2)22-13-27-14-23(19)22/h3-4,6-7,9,21-23H,2,5,8,10-14H2,1H3/t21-,22-,23+/m0/s1. The van der Waals surface area contributed by atoms with Crippen molar-refractivity contribution in [3.8, 4) is 0 Å². The van der Waals surface area contributed by atoms with Crippen molar-refractivity contribution in [3.63, 3.8) is 0 Å². The van der Waals surface area contributed by atoms with Gasteiger partial charge in [0.25, 0.3) is 0 Å². The van der Waals surface area contributed by atoms with Gasteiger partial charge in [-0.2, -0.15) is 4.31 Å². The number of sulfonamides is 1. The lowest BCUT2D eigenvalue weighted by atomic mass is 9.65. The normalized spacial score (nSPS) is 30.5. The van der Waals surface area contributed by atoms with Crippen molar-refractivity contribution in [2.75, 3.05) is 26.3 Å². The summed E-state index contributed by atoms with van der Waals surface area (Å²) in [4.78, 5) is 0.386. The van der Waals surface area contributed by atoms with Gasteiger partial charge in [-0.3, -0.25) is 0 Å². The molecule has 2 aliphatic carbocycles. The highest BCUT2D eigenvalue weighted by molar-refractivity contribution is 7.89. The number of hydrogen-bond donors (Lipinski definition) is 0. The highest BCUT2D eigenvalue weighted by atomic mass is 32.2. The maximum Gasteiger partial charge on any atom is 0.243 e. The van der Waals surface area contributed by atoms with Gasteiger partial charge in [0.15, 0.2) is 0 Å². The van der Waals surface area contributed by atoms with Crippen LogP contribution in [-0.4, -0.2) is 39.0 Å². The molecular weight excluding hydrogens is 370 g/mol. The molecule has 0 unspecified atom stereocenters. The quantitative estimate of drug-likeness (QED) is 0.712. The van der Waals surface area contributed by atoms with Gasteiger partial charge in [0, 0.05) is 30.8 Å². The summed E-state index contributed by atoms with van der Waals surface area (Å²) in [6, 6.07) is 7.17. The monoisotopic (exact) mass is 397 g/mol. The lowest BCUT2D eigenvalue weighted by Gasteiger charge is -2.43. The van der Waals surface area contributed by atoms with Crippen LogP contribution in [0.2, 0.25) is 0 Å². The molecule has 0 N–H and O–H groups in total. The molecule has 1 aromatic rings. The number of fused-ring (bicyclic) bond motifs is 4. The van der Waals surface area contributed by atoms with E-state index in [2.05, 4.69) is 12.7 Å². The van der Waals surface area contributed by atoms with Crippen molar-refractivity contribution in [2.24, 2.45) is 17.8 Å². The molecule has 4 aliphatic rings. The summed E-state index contributed by atoms with van der Waals surface area (Å²) in [5.74, 6) is 1.12. The zero-order valence-corrected chi connectivity index (χ0v) is 17.2. The maximum absolute atomic E-state index is 13.2. The molecule has 1 saturated heterocycles. The van der Waals surface area contributed by atoms with Crippen LogP contribution in [-0.2, 0) is 14.8 Å². The summed E-state index contributed by atoms with van der Waals surface area (Å²) >= 11 is 0. The van der Waals surface area contributed by atoms with Crippen LogP contribution in [0.25, 0.3) is 0 Å². The van der Waals surface area contributed by atoms with Crippen LogP contribution in [0, 0.1) is 24.7 Å². The van der Waals surface area contributed by atoms with Crippen LogP contribution in [0.4, 0.5) is 0 Å². The maximum atomic E-state index is 13.2. The van der Waals surface area contributed by atoms with E-state index in [1.165, 1.54) is 22.3 Å². The van der Waals surface area contributed by atoms with Crippen LogP contribution < -0.4 is 0 Å². The number of aryl methyl sites for hydroxylation is 1. The van der Waals surface area contributed by atoms with E-state index in [-0.39, 0.29) is 5.92 Å². The second-order valence-electron chi connectivity index (χ2n) is 8.60. The summed E-state index contributed by atoms with van der Waals surface area (Å²) in [6.07, 6.45) is 5.21. The molecule has 1 fully saturated rings. The Morgan fingerprint density at radius 3 is 2.61 bits per heavy atom. The SMILES string of the molecule is C=C1CC2=C(CCC3=CCN(S(=O)(=O)c4ccc(C)cc4)C[C@@H]32)[C@H]2COC[C@@H]12. The van der Waals surface area contributed by atoms with Gasteiger partial charge in [0.05, 0.1) is 18.1 Å². The second-order valence-corrected chi connectivity index (χ2v) is 10.5. The summed E-state index contributed by atoms with van der Waals surface area (Å²) < 4.78 is 33.9. The summed E-state index contributed by atoms with van der Waals surface area (Å²) in [6.45, 7) is 8.92. The number of hydrogen-bond acceptors (Lipinski definition) is 3. The van der Waals surface area contributed by atoms with E-state index >= 15 is 0 Å². The van der Waals surface area contributed by atoms with Crippen molar-refractivity contribution in [1.82, 2.24) is 4.31 Å². The van der Waals surface area contributed by atoms with Crippen LogP contribution in [0.3, 0.4) is 0 Å². The minimum atomic E-state index is -3.48. The molecule has 2 heterocycles. The number of benzene rings is 1. The van der Waals surface area contributed by atoms with Gasteiger partial charge in [0.1, 0.15) is 0 Å². The highest BCUT2D eigenvalue weighted by Gasteiger charge is 2.43. The average Bonchev–Trinajstić information content (AvgIpc) is 3.19. The third-order valence-corrected chi connectivity index (χ3v) is 8.88. The molecule has 0 amide bonds. The van der Waals surface area contributed by atoms with Gasteiger partial charge in [-0.05, 0) is 38.3 Å². The Bertz CT molecular complexity index is 987. The third kappa shape index (κ3) is 2.83. The molecule has 0 spiro atoms. The molecule has 4 nitrogen and oxygen atoms in total. The topological polar surface area (TPSA) is 46.6 Å². The van der Waals surface area contributed by atoms with Gasteiger partial charge < -0.3 is 4.74 Å². The van der Waals surface area contributed by atoms with Gasteiger partial charge in [-0.25, -0.2) is 8.42 Å². The number of rotatable bonds is 2. The Balaban J connectivity index is 1.48. The fourth-order valence-corrected chi connectivity index (χ4v) is 6.82. The number of nitrogens with zero attached hydrogens (tertiary/aromatic N) is 1. The van der Waals surface area contributed by atoms with E-state index in [9.17, 15) is 8.42 Å². The highest BCUT2D eigenvalue weighted by Crippen LogP contribution is 2.50. The Morgan fingerprint density at radius 2 is 1.82 bits per heavy atom. The van der Waals surface area contributed by atoms with Gasteiger partial charge in [-0.15, -0.1) is 0 Å². The molecule has 3 atom stereocenters. The smallest absolute Gasteiger partial charge is 0.243 e. The van der Waals surface area contributed by atoms with E-state index in [0.29, 0.717) is 29.8 Å². The van der Waals surface area contributed by atoms with Crippen LogP contribution in [0.15, 0.2) is 64.1 Å². The van der Waals surface area contributed by atoms with Crippen molar-refractivity contribution in [1.29, 1.82) is 0 Å². The Labute approximate surface area is 167 Å². The predicted octanol–water partition coefficient (Wildman–Crippen LogP) is 3.85. The van der Waals surface area contributed by atoms with Gasteiger partial charge in [0.2, 0.25) is 10.0 Å². The molecule has 0 saturated carbocycles. The van der Waals surface area contributed by atoms with E-state index in [4.69, 9.17) is 4.74 Å². The molecule has 2 aliphatic heterocycles. The summed E-state index contributed by atoms with van der Waals surface area (Å²) in [5, 5.41) is 0. The summed E-state index contributed by atoms with van der Waals surface area (Å²) in [7, 11) is -3.48. The van der Waals surface area contributed by atoms with Crippen molar-refractivity contribution < 1.29 is 13.2 Å². The first-order valence-electron chi connectivity index (χ1n) is 10.2. The Hall–Kier alpha value is -1.69. The fraction of sp³-hybridized carbons (Fsp3) is 0.478. The summed E-state index contributed by atoms with van der Waals surface area (Å²) in [5.41, 5.74) is 6.71. The minimum absolute atomic E-state index is 0.205. The van der Waals surface area contributed by atoms with Crippen molar-refractivity contribution in [3.05, 3.63) is 64.8 Å². The first kappa shape index (κ1) is 18.3. The first-order valence-corrected chi connectivity index (χ1v) is 11.6. The van der Waals surface area contributed by atoms with Crippen molar-refractivity contribution >= 4 is 10.0 Å². The molecule has 0 radical (unpaired) electrons. The lowest BCUT2D eigenvalue weighted by Crippen LogP contribution is -2.42. The molecule has 148 valence electrons. The van der Waals surface area contributed by atoms with Gasteiger partial charge in [-0.1, -0.05) is 52.6 Å². The van der Waals surface area contributed by atoms with E-state index in [1.807, 2.05) is 19.1 Å². The predicted molar refractivity (Wildman–Crippen MR) is 109 cm³/mol. The fourth-order valence-electron chi connectivity index (χ4n) is 5.42. The largest absolute Gasteiger partial charge is 0.380 e. The Kier molecular flexibility index (Phi) is 4.38. The molecule has 0 aromatic heterocycles. The molecule has 1 aromatic carbocycles. The third-order valence-electron chi connectivity index (χ3n) is 7.04. The van der Waals surface area contributed by atoms with E-state index in [1.54, 1.807) is 16.4 Å².